The van der Waals surface area contributed by atoms with E-state index in [1.807, 2.05) is 0 Å². The van der Waals surface area contributed by atoms with Crippen molar-refractivity contribution in [2.45, 2.75) is 0 Å². The molecule has 0 aliphatic carbocycles. The molecule has 0 aliphatic heterocycles. The first-order valence-electron chi connectivity index (χ1n) is 10.9. The number of carboxylic acid groups (broad SMARTS) is 8. The van der Waals surface area contributed by atoms with Gasteiger partial charge in [-0.3, -0.25) is 19.6 Å². The Morgan fingerprint density at radius 2 is 0.362 bits per heavy atom. The second kappa shape index (κ2) is 39.7. The second-order valence-electron chi connectivity index (χ2n) is 7.82. The average molecular weight is 974 g/mol. The van der Waals surface area contributed by atoms with E-state index in [2.05, 4.69) is 0 Å². The van der Waals surface area contributed by atoms with E-state index in [-0.39, 0.29) is 148 Å². The van der Waals surface area contributed by atoms with Gasteiger partial charge in [0.05, 0.1) is 47.8 Å². The summed E-state index contributed by atoms with van der Waals surface area (Å²) in [6.07, 6.45) is 0. The molecule has 0 rings (SSSR count). The number of carbonyl (C=O) groups is 8. The summed E-state index contributed by atoms with van der Waals surface area (Å²) in [5.41, 5.74) is 0. The summed E-state index contributed by atoms with van der Waals surface area (Å²) in [7, 11) is 0. The van der Waals surface area contributed by atoms with Gasteiger partial charge in [0.15, 0.2) is 0 Å². The zero-order valence-electron chi connectivity index (χ0n) is 25.1. The molecule has 0 atom stereocenters. The molecule has 0 N–H and O–H groups in total. The Morgan fingerprint density at radius 1 is 0.277 bits per heavy atom. The number of hydrogen-bond acceptors (Lipinski definition) is 20. The first-order chi connectivity index (χ1) is 18.4. The van der Waals surface area contributed by atoms with Crippen molar-refractivity contribution in [2.75, 3.05) is 78.5 Å². The van der Waals surface area contributed by atoms with Gasteiger partial charge in [0.1, 0.15) is 0 Å². The molecule has 0 aliphatic rings. The third-order valence-corrected chi connectivity index (χ3v) is 4.29. The molecule has 0 saturated heterocycles. The standard InChI is InChI=1S/2C10H16N2O8.2ClH.5Zn/c2*13-7(14)3-11(4-8(15)16)1-2-12(5-9(17)18)6-10(19)20;;;;;;;/h2*1-6H2,(H,13,14)(H,15,16)(H,17,18)(H,19,20);2*1H;;;;;/q;;;;5*+2/p-10. The van der Waals surface area contributed by atoms with Crippen LogP contribution in [-0.4, -0.2) is 146 Å². The quantitative estimate of drug-likeness (QED) is 0.0909. The summed E-state index contributed by atoms with van der Waals surface area (Å²) >= 11 is 0. The number of rotatable bonds is 22. The summed E-state index contributed by atoms with van der Waals surface area (Å²) in [6, 6.07) is 0. The number of aliphatic carboxylic acids is 8. The number of carbonyl (C=O) groups excluding carboxylic acids is 8. The fourth-order valence-electron chi connectivity index (χ4n) is 2.88. The number of halogens is 2. The van der Waals surface area contributed by atoms with Crippen LogP contribution in [0.25, 0.3) is 0 Å². The van der Waals surface area contributed by atoms with Crippen LogP contribution in [0.4, 0.5) is 0 Å². The fraction of sp³-hybridized carbons (Fsp3) is 0.600. The molecule has 0 amide bonds. The Morgan fingerprint density at radius 3 is 0.426 bits per heavy atom. The van der Waals surface area contributed by atoms with Crippen LogP contribution in [0.2, 0.25) is 0 Å². The van der Waals surface area contributed by atoms with Gasteiger partial charge in [0.25, 0.3) is 0 Å². The molecule has 0 spiro atoms. The van der Waals surface area contributed by atoms with Gasteiger partial charge in [-0.2, -0.15) is 0 Å². The molecule has 244 valence electrons. The van der Waals surface area contributed by atoms with Crippen LogP contribution < -0.4 is 65.7 Å². The summed E-state index contributed by atoms with van der Waals surface area (Å²) in [6.45, 7) is -6.50. The maximum atomic E-state index is 10.4. The summed E-state index contributed by atoms with van der Waals surface area (Å²) < 4.78 is 0. The van der Waals surface area contributed by atoms with Crippen LogP contribution >= 0.6 is 0 Å². The first-order valence-corrected chi connectivity index (χ1v) is 10.9. The summed E-state index contributed by atoms with van der Waals surface area (Å²) in [5, 5.41) is 83.2. The molecule has 20 nitrogen and oxygen atoms in total. The molecular formula is C20H24Cl2N4O16Zn5. The predicted molar refractivity (Wildman–Crippen MR) is 106 cm³/mol. The van der Waals surface area contributed by atoms with Gasteiger partial charge in [0, 0.05) is 78.5 Å². The van der Waals surface area contributed by atoms with Gasteiger partial charge in [-0.05, 0) is 0 Å². The van der Waals surface area contributed by atoms with Crippen molar-refractivity contribution in [3.05, 3.63) is 0 Å². The Balaban J connectivity index is -0.0000000764. The van der Waals surface area contributed by atoms with Gasteiger partial charge in [-0.15, -0.1) is 0 Å². The Kier molecular flexibility index (Phi) is 57.7. The summed E-state index contributed by atoms with van der Waals surface area (Å²) in [4.78, 5) is 86.8. The topological polar surface area (TPSA) is 334 Å². The van der Waals surface area contributed by atoms with Gasteiger partial charge in [-0.25, -0.2) is 0 Å². The van der Waals surface area contributed by atoms with E-state index in [0.717, 1.165) is 19.6 Å². The zero-order valence-corrected chi connectivity index (χ0v) is 41.4. The van der Waals surface area contributed by atoms with Crippen LogP contribution in [0, 0.1) is 0 Å². The predicted octanol–water partition coefficient (Wildman–Crippen LogP) is -20.8. The van der Waals surface area contributed by atoms with Crippen molar-refractivity contribution >= 4 is 47.8 Å². The maximum Gasteiger partial charge on any atom is 2.00 e. The van der Waals surface area contributed by atoms with E-state index >= 15 is 0 Å². The molecule has 0 fully saturated rings. The van der Waals surface area contributed by atoms with Crippen molar-refractivity contribution in [1.29, 1.82) is 0 Å². The van der Waals surface area contributed by atoms with Crippen molar-refractivity contribution in [1.82, 2.24) is 19.6 Å². The molecule has 0 aromatic heterocycles. The van der Waals surface area contributed by atoms with Gasteiger partial charge < -0.3 is 104 Å². The van der Waals surface area contributed by atoms with Crippen molar-refractivity contribution in [3.63, 3.8) is 0 Å². The minimum Gasteiger partial charge on any atom is -1.00 e. The molecule has 0 radical (unpaired) electrons. The molecule has 0 bridgehead atoms. The van der Waals surface area contributed by atoms with Crippen molar-refractivity contribution < 1.29 is 201 Å². The van der Waals surface area contributed by atoms with E-state index < -0.39 is 100 Å². The largest absolute Gasteiger partial charge is 2.00 e. The smallest absolute Gasteiger partial charge is 1.00 e. The molecule has 0 unspecified atom stereocenters. The SMILES string of the molecule is O=C([O-])CN(CCN(CC(=O)[O-])CC(=O)[O-])CC(=O)[O-].O=C([O-])CN(CCN(CC(=O)[O-])CC(=O)[O-])CC(=O)[O-].[Cl-].[Cl-].[Zn+2].[Zn+2].[Zn+2].[Zn+2].[Zn+2]. The van der Waals surface area contributed by atoms with Crippen LogP contribution in [0.1, 0.15) is 0 Å². The van der Waals surface area contributed by atoms with Crippen LogP contribution in [0.15, 0.2) is 0 Å². The molecular weight excluding hydrogens is 950 g/mol. The number of carboxylic acids is 8. The third kappa shape index (κ3) is 49.8. The Bertz CT molecular complexity index is 737. The van der Waals surface area contributed by atoms with Crippen molar-refractivity contribution in [2.24, 2.45) is 0 Å². The minimum absolute atomic E-state index is 0. The first kappa shape index (κ1) is 68.3. The molecule has 0 saturated carbocycles. The number of hydrogen-bond donors (Lipinski definition) is 0. The molecule has 0 aromatic carbocycles. The van der Waals surface area contributed by atoms with E-state index in [1.165, 1.54) is 0 Å². The van der Waals surface area contributed by atoms with Crippen LogP contribution in [0.5, 0.6) is 0 Å². The Hall–Kier alpha value is -0.703. The molecule has 47 heavy (non-hydrogen) atoms. The van der Waals surface area contributed by atoms with E-state index in [1.54, 1.807) is 0 Å². The summed E-state index contributed by atoms with van der Waals surface area (Å²) in [5.74, 6) is -12.2. The normalized spacial score (nSPS) is 9.11. The van der Waals surface area contributed by atoms with Crippen LogP contribution in [-0.2, 0) is 136 Å². The van der Waals surface area contributed by atoms with Gasteiger partial charge >= 0.3 is 97.4 Å². The second-order valence-corrected chi connectivity index (χ2v) is 7.82. The minimum atomic E-state index is -1.53. The van der Waals surface area contributed by atoms with Gasteiger partial charge in [0.2, 0.25) is 0 Å². The monoisotopic (exact) mass is 966 g/mol. The van der Waals surface area contributed by atoms with E-state index in [0.29, 0.717) is 0 Å². The van der Waals surface area contributed by atoms with Crippen LogP contribution in [0.3, 0.4) is 0 Å². The Labute approximate surface area is 344 Å². The maximum absolute atomic E-state index is 10.4. The molecule has 0 heterocycles. The van der Waals surface area contributed by atoms with E-state index in [4.69, 9.17) is 0 Å². The van der Waals surface area contributed by atoms with Crippen molar-refractivity contribution in [3.8, 4) is 0 Å². The van der Waals surface area contributed by atoms with Gasteiger partial charge in [-0.1, -0.05) is 0 Å². The average Bonchev–Trinajstić information content (AvgIpc) is 2.72. The molecule has 27 heteroatoms. The molecule has 0 aromatic rings. The zero-order chi connectivity index (χ0) is 31.4. The van der Waals surface area contributed by atoms with E-state index in [9.17, 15) is 79.2 Å². The number of nitrogens with zero attached hydrogens (tertiary/aromatic N) is 4. The fourth-order valence-corrected chi connectivity index (χ4v) is 2.88. The third-order valence-electron chi connectivity index (χ3n) is 4.29.